The van der Waals surface area contributed by atoms with E-state index in [2.05, 4.69) is 10.3 Å². The summed E-state index contributed by atoms with van der Waals surface area (Å²) in [5.74, 6) is -1.63. The van der Waals surface area contributed by atoms with Gasteiger partial charge in [0, 0.05) is 30.3 Å². The van der Waals surface area contributed by atoms with Crippen LogP contribution in [-0.4, -0.2) is 46.6 Å². The van der Waals surface area contributed by atoms with Gasteiger partial charge < -0.3 is 10.2 Å². The zero-order valence-corrected chi connectivity index (χ0v) is 16.9. The van der Waals surface area contributed by atoms with Crippen LogP contribution in [0.3, 0.4) is 0 Å². The van der Waals surface area contributed by atoms with Gasteiger partial charge in [0.1, 0.15) is 6.54 Å². The summed E-state index contributed by atoms with van der Waals surface area (Å²) in [6.07, 6.45) is 3.84. The number of nitrogens with zero attached hydrogens (tertiary/aromatic N) is 3. The van der Waals surface area contributed by atoms with Crippen molar-refractivity contribution in [2.75, 3.05) is 23.3 Å². The van der Waals surface area contributed by atoms with Crippen LogP contribution in [0.25, 0.3) is 0 Å². The van der Waals surface area contributed by atoms with E-state index in [1.165, 1.54) is 6.20 Å². The first-order chi connectivity index (χ1) is 15.5. The highest BCUT2D eigenvalue weighted by Gasteiger charge is 2.36. The van der Waals surface area contributed by atoms with Crippen LogP contribution in [0, 0.1) is 0 Å². The highest BCUT2D eigenvalue weighted by molar-refractivity contribution is 6.22. The molecule has 0 bridgehead atoms. The summed E-state index contributed by atoms with van der Waals surface area (Å²) in [5.41, 5.74) is 3.29. The molecule has 3 heterocycles. The van der Waals surface area contributed by atoms with Gasteiger partial charge in [-0.2, -0.15) is 0 Å². The second kappa shape index (κ2) is 7.73. The number of carbonyl (C=O) groups is 4. The average molecular weight is 426 g/mol. The highest BCUT2D eigenvalue weighted by atomic mass is 16.2. The lowest BCUT2D eigenvalue weighted by Gasteiger charge is -2.18. The van der Waals surface area contributed by atoms with Crippen molar-refractivity contribution in [3.8, 4) is 0 Å². The normalized spacial score (nSPS) is 14.4. The van der Waals surface area contributed by atoms with Crippen LogP contribution in [-0.2, 0) is 11.2 Å². The standard InChI is InChI=1S/C24H18N4O4/c29-21(14-28-23(31)18-5-1-2-6-19(18)24(28)32)26-17-8-7-15-9-11-27(20(15)12-17)22(30)16-4-3-10-25-13-16/h1-8,10,12-13H,9,11,14H2,(H,26,29). The molecule has 32 heavy (non-hydrogen) atoms. The second-order valence-electron chi connectivity index (χ2n) is 7.58. The number of hydrogen-bond donors (Lipinski definition) is 1. The first-order valence-electron chi connectivity index (χ1n) is 10.1. The van der Waals surface area contributed by atoms with Crippen molar-refractivity contribution < 1.29 is 19.2 Å². The third kappa shape index (κ3) is 3.31. The van der Waals surface area contributed by atoms with Gasteiger partial charge in [-0.1, -0.05) is 18.2 Å². The van der Waals surface area contributed by atoms with Crippen LogP contribution >= 0.6 is 0 Å². The minimum Gasteiger partial charge on any atom is -0.324 e. The number of rotatable bonds is 4. The van der Waals surface area contributed by atoms with Gasteiger partial charge >= 0.3 is 0 Å². The number of anilines is 2. The van der Waals surface area contributed by atoms with Crippen LogP contribution in [0.1, 0.15) is 36.6 Å². The monoisotopic (exact) mass is 426 g/mol. The Morgan fingerprint density at radius 2 is 1.72 bits per heavy atom. The van der Waals surface area contributed by atoms with E-state index < -0.39 is 17.7 Å². The maximum Gasteiger partial charge on any atom is 0.262 e. The van der Waals surface area contributed by atoms with Gasteiger partial charge in [-0.15, -0.1) is 0 Å². The fourth-order valence-electron chi connectivity index (χ4n) is 4.04. The largest absolute Gasteiger partial charge is 0.324 e. The Balaban J connectivity index is 1.31. The van der Waals surface area contributed by atoms with Crippen molar-refractivity contribution >= 4 is 35.0 Å². The maximum absolute atomic E-state index is 12.9. The number of carbonyl (C=O) groups excluding carboxylic acids is 4. The quantitative estimate of drug-likeness (QED) is 0.647. The summed E-state index contributed by atoms with van der Waals surface area (Å²) < 4.78 is 0. The van der Waals surface area contributed by atoms with E-state index >= 15 is 0 Å². The molecule has 3 aromatic rings. The predicted octanol–water partition coefficient (Wildman–Crippen LogP) is 2.52. The van der Waals surface area contributed by atoms with Gasteiger partial charge in [-0.25, -0.2) is 0 Å². The number of nitrogens with one attached hydrogen (secondary N) is 1. The summed E-state index contributed by atoms with van der Waals surface area (Å²) in [4.78, 5) is 57.0. The summed E-state index contributed by atoms with van der Waals surface area (Å²) in [7, 11) is 0. The molecular formula is C24H18N4O4. The van der Waals surface area contributed by atoms with Crippen molar-refractivity contribution in [3.63, 3.8) is 0 Å². The number of amides is 4. The number of aromatic nitrogens is 1. The van der Waals surface area contributed by atoms with Gasteiger partial charge in [-0.3, -0.25) is 29.1 Å². The third-order valence-electron chi connectivity index (χ3n) is 5.60. The first-order valence-corrected chi connectivity index (χ1v) is 10.1. The van der Waals surface area contributed by atoms with E-state index in [0.29, 0.717) is 35.3 Å². The Morgan fingerprint density at radius 3 is 2.41 bits per heavy atom. The first kappa shape index (κ1) is 19.6. The van der Waals surface area contributed by atoms with Gasteiger partial charge in [-0.05, 0) is 48.4 Å². The molecule has 0 aliphatic carbocycles. The molecular weight excluding hydrogens is 408 g/mol. The molecule has 2 aliphatic heterocycles. The van der Waals surface area contributed by atoms with Crippen molar-refractivity contribution in [1.82, 2.24) is 9.88 Å². The van der Waals surface area contributed by atoms with Crippen molar-refractivity contribution in [1.29, 1.82) is 0 Å². The van der Waals surface area contributed by atoms with Crippen LogP contribution in [0.4, 0.5) is 11.4 Å². The van der Waals surface area contributed by atoms with E-state index in [1.807, 2.05) is 6.07 Å². The van der Waals surface area contributed by atoms with E-state index in [4.69, 9.17) is 0 Å². The van der Waals surface area contributed by atoms with Crippen molar-refractivity contribution in [2.24, 2.45) is 0 Å². The highest BCUT2D eigenvalue weighted by Crippen LogP contribution is 2.32. The number of imide groups is 1. The molecule has 8 heteroatoms. The number of hydrogen-bond acceptors (Lipinski definition) is 5. The molecule has 0 unspecified atom stereocenters. The Kier molecular flexibility index (Phi) is 4.74. The van der Waals surface area contributed by atoms with E-state index in [0.717, 1.165) is 16.2 Å². The number of benzene rings is 2. The Hall–Kier alpha value is -4.33. The van der Waals surface area contributed by atoms with Crippen LogP contribution in [0.2, 0.25) is 0 Å². The Morgan fingerprint density at radius 1 is 0.969 bits per heavy atom. The third-order valence-corrected chi connectivity index (χ3v) is 5.60. The minimum absolute atomic E-state index is 0.161. The van der Waals surface area contributed by atoms with Gasteiger partial charge in [0.15, 0.2) is 0 Å². The fraction of sp³-hybridized carbons (Fsp3) is 0.125. The topological polar surface area (TPSA) is 99.7 Å². The summed E-state index contributed by atoms with van der Waals surface area (Å²) >= 11 is 0. The molecule has 1 N–H and O–H groups in total. The van der Waals surface area contributed by atoms with E-state index in [9.17, 15) is 19.2 Å². The molecule has 158 valence electrons. The maximum atomic E-state index is 12.9. The van der Waals surface area contributed by atoms with E-state index in [-0.39, 0.29) is 12.5 Å². The molecule has 5 rings (SSSR count). The molecule has 0 atom stereocenters. The SMILES string of the molecule is O=C(CN1C(=O)c2ccccc2C1=O)Nc1ccc2c(c1)N(C(=O)c1cccnc1)CC2. The molecule has 2 aromatic carbocycles. The Bertz CT molecular complexity index is 1240. The zero-order chi connectivity index (χ0) is 22.2. The summed E-state index contributed by atoms with van der Waals surface area (Å²) in [6, 6.07) is 15.3. The van der Waals surface area contributed by atoms with Crippen LogP contribution in [0.5, 0.6) is 0 Å². The molecule has 1 aromatic heterocycles. The average Bonchev–Trinajstić information content (AvgIpc) is 3.34. The lowest BCUT2D eigenvalue weighted by molar-refractivity contribution is -0.116. The predicted molar refractivity (Wildman–Crippen MR) is 116 cm³/mol. The Labute approximate surface area is 183 Å². The smallest absolute Gasteiger partial charge is 0.262 e. The lowest BCUT2D eigenvalue weighted by Crippen LogP contribution is -2.37. The van der Waals surface area contributed by atoms with E-state index in [1.54, 1.807) is 59.6 Å². The molecule has 4 amide bonds. The van der Waals surface area contributed by atoms with Gasteiger partial charge in [0.05, 0.1) is 16.7 Å². The van der Waals surface area contributed by atoms with Crippen LogP contribution < -0.4 is 10.2 Å². The fourth-order valence-corrected chi connectivity index (χ4v) is 4.04. The van der Waals surface area contributed by atoms with Crippen molar-refractivity contribution in [3.05, 3.63) is 89.2 Å². The summed E-state index contributed by atoms with van der Waals surface area (Å²) in [6.45, 7) is 0.150. The minimum atomic E-state index is -0.498. The number of fused-ring (bicyclic) bond motifs is 2. The molecule has 8 nitrogen and oxygen atoms in total. The molecule has 2 aliphatic rings. The van der Waals surface area contributed by atoms with Crippen molar-refractivity contribution in [2.45, 2.75) is 6.42 Å². The van der Waals surface area contributed by atoms with Gasteiger partial charge in [0.25, 0.3) is 17.7 Å². The molecule has 0 spiro atoms. The molecule has 0 radical (unpaired) electrons. The summed E-state index contributed by atoms with van der Waals surface area (Å²) in [5, 5.41) is 2.73. The number of pyridine rings is 1. The lowest BCUT2D eigenvalue weighted by atomic mass is 10.1. The second-order valence-corrected chi connectivity index (χ2v) is 7.58. The molecule has 0 saturated heterocycles. The van der Waals surface area contributed by atoms with Gasteiger partial charge in [0.2, 0.25) is 5.91 Å². The zero-order valence-electron chi connectivity index (χ0n) is 16.9. The van der Waals surface area contributed by atoms with Crippen LogP contribution in [0.15, 0.2) is 67.0 Å². The molecule has 0 fully saturated rings. The molecule has 0 saturated carbocycles.